The molecule has 0 amide bonds. The van der Waals surface area contributed by atoms with Crippen LogP contribution in [0.15, 0.2) is 0 Å². The molecule has 0 N–H and O–H groups in total. The Labute approximate surface area is 375 Å². The van der Waals surface area contributed by atoms with Crippen molar-refractivity contribution in [2.24, 2.45) is 71.0 Å². The number of hydrogen-bond acceptors (Lipinski definition) is 3. The predicted octanol–water partition coefficient (Wildman–Crippen LogP) is 15.3. The Balaban J connectivity index is 0.000000137. The average Bonchev–Trinajstić information content (AvgIpc) is 3.41. The van der Waals surface area contributed by atoms with E-state index >= 15 is 0 Å². The summed E-state index contributed by atoms with van der Waals surface area (Å²) in [6, 6.07) is 0. The molecular formula is C57H105N3. The summed E-state index contributed by atoms with van der Waals surface area (Å²) in [6.45, 7) is 8.18. The topological polar surface area (TPSA) is 9.72 Å². The molecule has 3 nitrogen and oxygen atoms in total. The lowest BCUT2D eigenvalue weighted by molar-refractivity contribution is 0.189. The number of nitrogens with zero attached hydrogens (tertiary/aromatic N) is 3. The van der Waals surface area contributed by atoms with E-state index in [4.69, 9.17) is 0 Å². The van der Waals surface area contributed by atoms with Gasteiger partial charge in [-0.25, -0.2) is 0 Å². The molecule has 0 aromatic heterocycles. The molecular weight excluding hydrogens is 727 g/mol. The van der Waals surface area contributed by atoms with Crippen molar-refractivity contribution >= 4 is 0 Å². The summed E-state index contributed by atoms with van der Waals surface area (Å²) < 4.78 is 0. The smallest absolute Gasteiger partial charge is 0.000985 e. The van der Waals surface area contributed by atoms with Crippen molar-refractivity contribution in [2.45, 2.75) is 231 Å². The maximum absolute atomic E-state index is 2.59. The molecule has 0 radical (unpaired) electrons. The van der Waals surface area contributed by atoms with E-state index < -0.39 is 0 Å². The molecule has 9 rings (SSSR count). The third kappa shape index (κ3) is 16.1. The summed E-state index contributed by atoms with van der Waals surface area (Å²) in [4.78, 5) is 7.76. The highest BCUT2D eigenvalue weighted by atomic mass is 15.1. The quantitative estimate of drug-likeness (QED) is 0.136. The minimum atomic E-state index is 1.04. The van der Waals surface area contributed by atoms with Crippen LogP contribution in [-0.2, 0) is 0 Å². The van der Waals surface area contributed by atoms with Gasteiger partial charge >= 0.3 is 0 Å². The number of hydrogen-bond donors (Lipinski definition) is 0. The van der Waals surface area contributed by atoms with Gasteiger partial charge in [-0.1, -0.05) is 154 Å². The van der Waals surface area contributed by atoms with E-state index in [-0.39, 0.29) is 0 Å². The van der Waals surface area contributed by atoms with Gasteiger partial charge in [0.05, 0.1) is 0 Å². The van der Waals surface area contributed by atoms with Crippen LogP contribution in [0.2, 0.25) is 0 Å². The first-order valence-corrected chi connectivity index (χ1v) is 28.5. The normalized spacial score (nSPS) is 33.5. The summed E-state index contributed by atoms with van der Waals surface area (Å²) in [5, 5.41) is 0. The molecule has 3 heteroatoms. The van der Waals surface area contributed by atoms with Gasteiger partial charge in [0.15, 0.2) is 0 Å². The van der Waals surface area contributed by atoms with Crippen LogP contribution in [0, 0.1) is 71.0 Å². The van der Waals surface area contributed by atoms with Gasteiger partial charge < -0.3 is 14.7 Å². The van der Waals surface area contributed by atoms with Gasteiger partial charge in [0, 0.05) is 13.1 Å². The zero-order chi connectivity index (χ0) is 41.4. The van der Waals surface area contributed by atoms with Crippen molar-refractivity contribution in [3.05, 3.63) is 0 Å². The summed E-state index contributed by atoms with van der Waals surface area (Å²) in [7, 11) is 7.00. The maximum atomic E-state index is 2.59. The molecule has 6 unspecified atom stereocenters. The van der Waals surface area contributed by atoms with Gasteiger partial charge in [-0.15, -0.1) is 0 Å². The lowest BCUT2D eigenvalue weighted by atomic mass is 9.73. The van der Waals surface area contributed by atoms with Crippen molar-refractivity contribution in [3.8, 4) is 0 Å². The fourth-order valence-electron chi connectivity index (χ4n) is 13.9. The van der Waals surface area contributed by atoms with E-state index in [1.807, 2.05) is 0 Å². The molecule has 6 atom stereocenters. The minimum absolute atomic E-state index is 1.04. The highest BCUT2D eigenvalue weighted by molar-refractivity contribution is 4.86. The molecule has 3 saturated heterocycles. The summed E-state index contributed by atoms with van der Waals surface area (Å²) in [5.41, 5.74) is 0. The lowest BCUT2D eigenvalue weighted by Gasteiger charge is -2.33. The van der Waals surface area contributed by atoms with Crippen molar-refractivity contribution in [1.29, 1.82) is 0 Å². The van der Waals surface area contributed by atoms with Crippen LogP contribution in [0.25, 0.3) is 0 Å². The molecule has 3 aliphatic heterocycles. The van der Waals surface area contributed by atoms with E-state index in [0.717, 1.165) is 71.0 Å². The van der Waals surface area contributed by atoms with Gasteiger partial charge in [-0.3, -0.25) is 0 Å². The first-order valence-electron chi connectivity index (χ1n) is 28.5. The second-order valence-electron chi connectivity index (χ2n) is 24.5. The van der Waals surface area contributed by atoms with Crippen molar-refractivity contribution < 1.29 is 0 Å². The molecule has 6 aliphatic carbocycles. The minimum Gasteiger partial charge on any atom is -0.306 e. The summed E-state index contributed by atoms with van der Waals surface area (Å²) >= 11 is 0. The van der Waals surface area contributed by atoms with Crippen LogP contribution in [-0.4, -0.2) is 75.1 Å². The largest absolute Gasteiger partial charge is 0.306 e. The molecule has 0 bridgehead atoms. The highest BCUT2D eigenvalue weighted by Gasteiger charge is 2.33. The maximum Gasteiger partial charge on any atom is 0.000985 e. The van der Waals surface area contributed by atoms with Gasteiger partial charge in [-0.2, -0.15) is 0 Å². The van der Waals surface area contributed by atoms with Crippen LogP contribution < -0.4 is 0 Å². The molecule has 0 aromatic carbocycles. The highest BCUT2D eigenvalue weighted by Crippen LogP contribution is 2.42. The van der Waals surface area contributed by atoms with Crippen molar-refractivity contribution in [1.82, 2.24) is 14.7 Å². The van der Waals surface area contributed by atoms with E-state index in [1.54, 1.807) is 116 Å². The van der Waals surface area contributed by atoms with Crippen molar-refractivity contribution in [2.75, 3.05) is 60.4 Å². The molecule has 0 aromatic rings. The Morgan fingerprint density at radius 1 is 0.233 bits per heavy atom. The Bertz CT molecular complexity index is 1030. The zero-order valence-corrected chi connectivity index (χ0v) is 41.0. The second kappa shape index (κ2) is 26.1. The summed E-state index contributed by atoms with van der Waals surface area (Å²) in [5.74, 6) is 13.0. The fraction of sp³-hybridized carbons (Fsp3) is 1.00. The summed E-state index contributed by atoms with van der Waals surface area (Å²) in [6.07, 6.45) is 55.1. The van der Waals surface area contributed by atoms with Crippen LogP contribution in [0.5, 0.6) is 0 Å². The zero-order valence-electron chi connectivity index (χ0n) is 41.0. The van der Waals surface area contributed by atoms with Crippen LogP contribution in [0.4, 0.5) is 0 Å². The second-order valence-corrected chi connectivity index (χ2v) is 24.5. The number of rotatable bonds is 18. The Kier molecular flexibility index (Phi) is 20.8. The Hall–Kier alpha value is -0.120. The van der Waals surface area contributed by atoms with Crippen molar-refractivity contribution in [3.63, 3.8) is 0 Å². The van der Waals surface area contributed by atoms with E-state index in [9.17, 15) is 0 Å². The van der Waals surface area contributed by atoms with Crippen LogP contribution in [0.1, 0.15) is 231 Å². The molecule has 348 valence electrons. The van der Waals surface area contributed by atoms with Gasteiger partial charge in [-0.05, 0) is 195 Å². The molecule has 6 saturated carbocycles. The first-order chi connectivity index (χ1) is 29.4. The predicted molar refractivity (Wildman–Crippen MR) is 261 cm³/mol. The first kappa shape index (κ1) is 47.8. The SMILES string of the molecule is CN1CC(CCC2CCC2)C(CCC2CCC2)C1.CN1CCC(CCC2CCC2)C(CCC2CCC2)CC1.CN1CCCC(CCC2CCC2)C(CCC2CCC2)CCC1. The molecule has 9 aliphatic rings. The standard InChI is InChI=1S/C21H39N.C19H35N.C17H31N/c1-22-16-4-10-20(14-12-18-6-2-7-18)21(11-5-17-22)15-13-19-8-3-9-19;1-20-14-12-18(10-8-16-4-2-5-16)19(13-15-20)11-9-17-6-3-7-17;1-18-12-16(10-8-14-4-2-5-14)17(13-18)11-9-15-6-3-7-15/h18-21H,2-17H2,1H3;16-19H,2-15H2,1H3;14-17H,2-13H2,1H3. The van der Waals surface area contributed by atoms with E-state index in [0.29, 0.717) is 0 Å². The lowest BCUT2D eigenvalue weighted by Crippen LogP contribution is -2.21. The fourth-order valence-corrected chi connectivity index (χ4v) is 13.9. The molecule has 9 fully saturated rings. The van der Waals surface area contributed by atoms with Gasteiger partial charge in [0.1, 0.15) is 0 Å². The third-order valence-corrected chi connectivity index (χ3v) is 20.1. The average molecular weight is 832 g/mol. The molecule has 0 spiro atoms. The van der Waals surface area contributed by atoms with Gasteiger partial charge in [0.2, 0.25) is 0 Å². The van der Waals surface area contributed by atoms with Gasteiger partial charge in [0.25, 0.3) is 0 Å². The Morgan fingerprint density at radius 3 is 0.750 bits per heavy atom. The number of likely N-dealkylation sites (tertiary alicyclic amines) is 2. The van der Waals surface area contributed by atoms with Crippen LogP contribution in [0.3, 0.4) is 0 Å². The van der Waals surface area contributed by atoms with E-state index in [1.165, 1.54) is 155 Å². The molecule has 60 heavy (non-hydrogen) atoms. The Morgan fingerprint density at radius 2 is 0.483 bits per heavy atom. The third-order valence-electron chi connectivity index (χ3n) is 20.1. The van der Waals surface area contributed by atoms with E-state index in [2.05, 4.69) is 35.8 Å². The monoisotopic (exact) mass is 832 g/mol. The molecule has 3 heterocycles. The van der Waals surface area contributed by atoms with Crippen LogP contribution >= 0.6 is 0 Å².